The smallest absolute Gasteiger partial charge is 0.170 e. The SMILES string of the molecule is NCCC(O)C(O)c1ccc2c(c1)C(=O)CCO2. The minimum atomic E-state index is -1.03. The maximum atomic E-state index is 11.7. The van der Waals surface area contributed by atoms with Crippen molar-refractivity contribution in [3.63, 3.8) is 0 Å². The molecule has 0 spiro atoms. The number of ether oxygens (including phenoxy) is 1. The number of aliphatic hydroxyl groups is 2. The Morgan fingerprint density at radius 3 is 2.89 bits per heavy atom. The van der Waals surface area contributed by atoms with Crippen LogP contribution in [0.3, 0.4) is 0 Å². The van der Waals surface area contributed by atoms with E-state index >= 15 is 0 Å². The second-order valence-electron chi connectivity index (χ2n) is 4.37. The molecule has 0 radical (unpaired) electrons. The Hall–Kier alpha value is -1.43. The monoisotopic (exact) mass is 251 g/mol. The minimum Gasteiger partial charge on any atom is -0.492 e. The van der Waals surface area contributed by atoms with Crippen molar-refractivity contribution in [1.29, 1.82) is 0 Å². The normalized spacial score (nSPS) is 17.8. The van der Waals surface area contributed by atoms with Gasteiger partial charge in [0.15, 0.2) is 5.78 Å². The van der Waals surface area contributed by atoms with Gasteiger partial charge in [-0.05, 0) is 30.7 Å². The summed E-state index contributed by atoms with van der Waals surface area (Å²) >= 11 is 0. The van der Waals surface area contributed by atoms with Crippen molar-refractivity contribution in [2.45, 2.75) is 25.0 Å². The van der Waals surface area contributed by atoms with E-state index in [2.05, 4.69) is 0 Å². The lowest BCUT2D eigenvalue weighted by Gasteiger charge is -2.21. The average molecular weight is 251 g/mol. The van der Waals surface area contributed by atoms with Gasteiger partial charge in [-0.2, -0.15) is 0 Å². The number of benzene rings is 1. The Morgan fingerprint density at radius 1 is 1.39 bits per heavy atom. The van der Waals surface area contributed by atoms with E-state index in [4.69, 9.17) is 10.5 Å². The molecule has 5 nitrogen and oxygen atoms in total. The van der Waals surface area contributed by atoms with Gasteiger partial charge in [-0.25, -0.2) is 0 Å². The maximum absolute atomic E-state index is 11.7. The molecule has 0 saturated heterocycles. The standard InChI is InChI=1S/C13H17NO4/c14-5-3-11(16)13(17)8-1-2-12-9(7-8)10(15)4-6-18-12/h1-2,7,11,13,16-17H,3-6,14H2. The fourth-order valence-corrected chi connectivity index (χ4v) is 2.01. The van der Waals surface area contributed by atoms with E-state index in [-0.39, 0.29) is 5.78 Å². The second kappa shape index (κ2) is 5.48. The molecule has 1 aliphatic heterocycles. The van der Waals surface area contributed by atoms with Gasteiger partial charge in [0.1, 0.15) is 11.9 Å². The van der Waals surface area contributed by atoms with Gasteiger partial charge in [0.25, 0.3) is 0 Å². The van der Waals surface area contributed by atoms with Crippen LogP contribution in [0.2, 0.25) is 0 Å². The van der Waals surface area contributed by atoms with Crippen LogP contribution in [-0.4, -0.2) is 35.3 Å². The predicted molar refractivity (Wildman–Crippen MR) is 65.5 cm³/mol. The molecular weight excluding hydrogens is 234 g/mol. The van der Waals surface area contributed by atoms with Crippen LogP contribution in [0.5, 0.6) is 5.75 Å². The van der Waals surface area contributed by atoms with Crippen molar-refractivity contribution < 1.29 is 19.7 Å². The Balaban J connectivity index is 2.25. The van der Waals surface area contributed by atoms with Crippen molar-refractivity contribution in [3.8, 4) is 5.75 Å². The molecule has 4 N–H and O–H groups in total. The molecule has 18 heavy (non-hydrogen) atoms. The third-order valence-corrected chi connectivity index (χ3v) is 3.06. The third-order valence-electron chi connectivity index (χ3n) is 3.06. The molecule has 0 saturated carbocycles. The first kappa shape index (κ1) is 13.0. The summed E-state index contributed by atoms with van der Waals surface area (Å²) in [6.45, 7) is 0.689. The highest BCUT2D eigenvalue weighted by Gasteiger charge is 2.23. The number of ketones is 1. The number of carbonyl (C=O) groups is 1. The molecule has 0 aliphatic carbocycles. The molecule has 2 rings (SSSR count). The van der Waals surface area contributed by atoms with E-state index in [1.54, 1.807) is 18.2 Å². The lowest BCUT2D eigenvalue weighted by molar-refractivity contribution is 0.0149. The first-order chi connectivity index (χ1) is 8.63. The quantitative estimate of drug-likeness (QED) is 0.720. The minimum absolute atomic E-state index is 0.00128. The molecule has 0 aromatic heterocycles. The Kier molecular flexibility index (Phi) is 3.96. The number of nitrogens with two attached hydrogens (primary N) is 1. The van der Waals surface area contributed by atoms with E-state index < -0.39 is 12.2 Å². The summed E-state index contributed by atoms with van der Waals surface area (Å²) in [5, 5.41) is 19.6. The molecule has 98 valence electrons. The molecule has 1 heterocycles. The van der Waals surface area contributed by atoms with Crippen LogP contribution >= 0.6 is 0 Å². The van der Waals surface area contributed by atoms with Crippen LogP contribution in [0.4, 0.5) is 0 Å². The van der Waals surface area contributed by atoms with Crippen LogP contribution in [-0.2, 0) is 0 Å². The number of carbonyl (C=O) groups excluding carboxylic acids is 1. The zero-order valence-corrected chi connectivity index (χ0v) is 10.0. The predicted octanol–water partition coefficient (Wildman–Crippen LogP) is 0.395. The van der Waals surface area contributed by atoms with E-state index in [1.165, 1.54) is 0 Å². The van der Waals surface area contributed by atoms with Crippen LogP contribution in [0.15, 0.2) is 18.2 Å². The molecule has 5 heteroatoms. The van der Waals surface area contributed by atoms with Crippen LogP contribution in [0.1, 0.15) is 34.9 Å². The highest BCUT2D eigenvalue weighted by atomic mass is 16.5. The van der Waals surface area contributed by atoms with E-state index in [0.29, 0.717) is 42.9 Å². The molecule has 2 unspecified atom stereocenters. The lowest BCUT2D eigenvalue weighted by Crippen LogP contribution is -2.22. The zero-order valence-electron chi connectivity index (χ0n) is 10.0. The van der Waals surface area contributed by atoms with Gasteiger partial charge in [0.2, 0.25) is 0 Å². The summed E-state index contributed by atoms with van der Waals surface area (Å²) in [4.78, 5) is 11.7. The van der Waals surface area contributed by atoms with Gasteiger partial charge in [-0.3, -0.25) is 4.79 Å². The van der Waals surface area contributed by atoms with Gasteiger partial charge in [0, 0.05) is 6.42 Å². The molecule has 1 aliphatic rings. The number of rotatable bonds is 4. The van der Waals surface area contributed by atoms with Crippen molar-refractivity contribution >= 4 is 5.78 Å². The Labute approximate surface area is 105 Å². The second-order valence-corrected chi connectivity index (χ2v) is 4.37. The van der Waals surface area contributed by atoms with Crippen molar-refractivity contribution in [3.05, 3.63) is 29.3 Å². The summed E-state index contributed by atoms with van der Waals surface area (Å²) in [5.41, 5.74) is 6.31. The molecule has 1 aromatic rings. The third kappa shape index (κ3) is 2.53. The first-order valence-electron chi connectivity index (χ1n) is 5.99. The van der Waals surface area contributed by atoms with Crippen molar-refractivity contribution in [1.82, 2.24) is 0 Å². The zero-order chi connectivity index (χ0) is 13.1. The largest absolute Gasteiger partial charge is 0.492 e. The Morgan fingerprint density at radius 2 is 2.17 bits per heavy atom. The van der Waals surface area contributed by atoms with Crippen LogP contribution in [0.25, 0.3) is 0 Å². The fraction of sp³-hybridized carbons (Fsp3) is 0.462. The van der Waals surface area contributed by atoms with E-state index in [1.807, 2.05) is 0 Å². The lowest BCUT2D eigenvalue weighted by atomic mass is 9.96. The summed E-state index contributed by atoms with van der Waals surface area (Å²) in [6.07, 6.45) is -1.30. The highest BCUT2D eigenvalue weighted by molar-refractivity contribution is 5.99. The number of hydrogen-bond acceptors (Lipinski definition) is 5. The summed E-state index contributed by atoms with van der Waals surface area (Å²) in [7, 11) is 0. The molecule has 0 fully saturated rings. The van der Waals surface area contributed by atoms with Gasteiger partial charge in [0.05, 0.1) is 18.3 Å². The number of aliphatic hydroxyl groups excluding tert-OH is 2. The molecule has 1 aromatic carbocycles. The first-order valence-corrected chi connectivity index (χ1v) is 5.99. The van der Waals surface area contributed by atoms with E-state index in [9.17, 15) is 15.0 Å². The summed E-state index contributed by atoms with van der Waals surface area (Å²) in [6, 6.07) is 4.89. The van der Waals surface area contributed by atoms with Crippen molar-refractivity contribution in [2.75, 3.05) is 13.2 Å². The molecule has 0 amide bonds. The Bertz CT molecular complexity index is 447. The van der Waals surface area contributed by atoms with Gasteiger partial charge < -0.3 is 20.7 Å². The van der Waals surface area contributed by atoms with Gasteiger partial charge in [-0.1, -0.05) is 6.07 Å². The number of fused-ring (bicyclic) bond motifs is 1. The van der Waals surface area contributed by atoms with Crippen LogP contribution < -0.4 is 10.5 Å². The van der Waals surface area contributed by atoms with E-state index in [0.717, 1.165) is 0 Å². The fourth-order valence-electron chi connectivity index (χ4n) is 2.01. The average Bonchev–Trinajstić information content (AvgIpc) is 2.38. The topological polar surface area (TPSA) is 92.8 Å². The molecule has 2 atom stereocenters. The van der Waals surface area contributed by atoms with Crippen LogP contribution in [0, 0.1) is 0 Å². The number of hydrogen-bond donors (Lipinski definition) is 3. The molecule has 0 bridgehead atoms. The maximum Gasteiger partial charge on any atom is 0.170 e. The van der Waals surface area contributed by atoms with Crippen molar-refractivity contribution in [2.24, 2.45) is 5.73 Å². The van der Waals surface area contributed by atoms with Gasteiger partial charge >= 0.3 is 0 Å². The number of Topliss-reactive ketones (excluding diaryl/α,β-unsaturated/α-hetero) is 1. The van der Waals surface area contributed by atoms with Gasteiger partial charge in [-0.15, -0.1) is 0 Å². The summed E-state index contributed by atoms with van der Waals surface area (Å²) in [5.74, 6) is 0.536. The molecular formula is C13H17NO4. The summed E-state index contributed by atoms with van der Waals surface area (Å²) < 4.78 is 5.35. The highest BCUT2D eigenvalue weighted by Crippen LogP contribution is 2.29.